The summed E-state index contributed by atoms with van der Waals surface area (Å²) in [5.41, 5.74) is 0.449. The summed E-state index contributed by atoms with van der Waals surface area (Å²) in [5, 5.41) is 0.445. The summed E-state index contributed by atoms with van der Waals surface area (Å²) in [6.45, 7) is -0.567. The van der Waals surface area contributed by atoms with E-state index in [1.54, 1.807) is 0 Å². The zero-order chi connectivity index (χ0) is 7.56. The summed E-state index contributed by atoms with van der Waals surface area (Å²) < 4.78 is 11.9. The van der Waals surface area contributed by atoms with Gasteiger partial charge in [0.15, 0.2) is 0 Å². The first-order chi connectivity index (χ1) is 4.72. The molecule has 0 aliphatic rings. The first-order valence-electron chi connectivity index (χ1n) is 2.60. The summed E-state index contributed by atoms with van der Waals surface area (Å²) in [5.74, 6) is 0. The number of rotatable bonds is 1. The van der Waals surface area contributed by atoms with E-state index in [1.807, 2.05) is 0 Å². The van der Waals surface area contributed by atoms with Crippen molar-refractivity contribution in [3.8, 4) is 0 Å². The molecule has 0 N–H and O–H groups in total. The molecule has 1 heterocycles. The molecule has 0 bridgehead atoms. The fraction of sp³-hybridized carbons (Fsp3) is 0.167. The molecule has 0 saturated heterocycles. The number of aromatic nitrogens is 1. The number of pyridine rings is 1. The Morgan fingerprint density at radius 3 is 2.20 bits per heavy atom. The van der Waals surface area contributed by atoms with E-state index in [1.165, 1.54) is 12.1 Å². The molecule has 4 heteroatoms. The highest BCUT2D eigenvalue weighted by Crippen LogP contribution is 2.14. The van der Waals surface area contributed by atoms with Crippen molar-refractivity contribution in [1.29, 1.82) is 0 Å². The molecule has 0 amide bonds. The van der Waals surface area contributed by atoms with Gasteiger partial charge in [-0.05, 0) is 17.7 Å². The van der Waals surface area contributed by atoms with Crippen LogP contribution in [0.5, 0.6) is 0 Å². The SMILES string of the molecule is FCc1cc(Cl)nc(Cl)c1. The highest BCUT2D eigenvalue weighted by molar-refractivity contribution is 6.32. The van der Waals surface area contributed by atoms with Gasteiger partial charge < -0.3 is 0 Å². The van der Waals surface area contributed by atoms with E-state index < -0.39 is 6.67 Å². The van der Waals surface area contributed by atoms with Gasteiger partial charge in [-0.2, -0.15) is 0 Å². The molecule has 0 spiro atoms. The van der Waals surface area contributed by atoms with Gasteiger partial charge in [0.05, 0.1) is 0 Å². The van der Waals surface area contributed by atoms with Crippen molar-refractivity contribution < 1.29 is 4.39 Å². The van der Waals surface area contributed by atoms with Gasteiger partial charge in [-0.15, -0.1) is 0 Å². The molecule has 0 atom stereocenters. The smallest absolute Gasteiger partial charge is 0.131 e. The van der Waals surface area contributed by atoms with E-state index in [-0.39, 0.29) is 10.3 Å². The van der Waals surface area contributed by atoms with Crippen LogP contribution in [-0.4, -0.2) is 4.98 Å². The van der Waals surface area contributed by atoms with E-state index in [4.69, 9.17) is 23.2 Å². The summed E-state index contributed by atoms with van der Waals surface area (Å²) in [4.78, 5) is 3.65. The molecule has 54 valence electrons. The Morgan fingerprint density at radius 1 is 1.30 bits per heavy atom. The van der Waals surface area contributed by atoms with Crippen LogP contribution in [0.2, 0.25) is 10.3 Å². The number of hydrogen-bond acceptors (Lipinski definition) is 1. The molecule has 10 heavy (non-hydrogen) atoms. The summed E-state index contributed by atoms with van der Waals surface area (Å²) in [6.07, 6.45) is 0. The average molecular weight is 180 g/mol. The minimum absolute atomic E-state index is 0.222. The van der Waals surface area contributed by atoms with Crippen LogP contribution in [0.4, 0.5) is 4.39 Å². The highest BCUT2D eigenvalue weighted by Gasteiger charge is 1.97. The van der Waals surface area contributed by atoms with Gasteiger partial charge in [0.1, 0.15) is 17.0 Å². The van der Waals surface area contributed by atoms with E-state index in [0.717, 1.165) is 0 Å². The van der Waals surface area contributed by atoms with Crippen LogP contribution >= 0.6 is 23.2 Å². The molecule has 1 rings (SSSR count). The molecule has 1 aromatic rings. The zero-order valence-corrected chi connectivity index (χ0v) is 6.45. The number of halogens is 3. The van der Waals surface area contributed by atoms with Gasteiger partial charge in [-0.25, -0.2) is 9.37 Å². The molecule has 0 aromatic carbocycles. The van der Waals surface area contributed by atoms with Gasteiger partial charge in [-0.1, -0.05) is 23.2 Å². The number of nitrogens with zero attached hydrogens (tertiary/aromatic N) is 1. The summed E-state index contributed by atoms with van der Waals surface area (Å²) in [7, 11) is 0. The third-order valence-electron chi connectivity index (χ3n) is 0.977. The Hall–Kier alpha value is -0.340. The summed E-state index contributed by atoms with van der Waals surface area (Å²) in [6, 6.07) is 2.88. The topological polar surface area (TPSA) is 12.9 Å². The van der Waals surface area contributed by atoms with Crippen LogP contribution in [0.3, 0.4) is 0 Å². The lowest BCUT2D eigenvalue weighted by molar-refractivity contribution is 0.485. The van der Waals surface area contributed by atoms with Crippen molar-refractivity contribution in [2.75, 3.05) is 0 Å². The second kappa shape index (κ2) is 3.17. The number of hydrogen-bond donors (Lipinski definition) is 0. The number of alkyl halides is 1. The monoisotopic (exact) mass is 179 g/mol. The largest absolute Gasteiger partial charge is 0.246 e. The van der Waals surface area contributed by atoms with Crippen molar-refractivity contribution in [2.24, 2.45) is 0 Å². The molecule has 0 radical (unpaired) electrons. The Kier molecular flexibility index (Phi) is 2.46. The van der Waals surface area contributed by atoms with Crippen molar-refractivity contribution in [3.63, 3.8) is 0 Å². The van der Waals surface area contributed by atoms with Crippen LogP contribution in [0.1, 0.15) is 5.56 Å². The minimum Gasteiger partial charge on any atom is -0.246 e. The van der Waals surface area contributed by atoms with Gasteiger partial charge in [0, 0.05) is 0 Å². The first-order valence-corrected chi connectivity index (χ1v) is 3.36. The van der Waals surface area contributed by atoms with Crippen molar-refractivity contribution in [3.05, 3.63) is 28.0 Å². The Labute approximate surface area is 67.8 Å². The van der Waals surface area contributed by atoms with Crippen molar-refractivity contribution in [2.45, 2.75) is 6.67 Å². The lowest BCUT2D eigenvalue weighted by Crippen LogP contribution is -1.82. The molecule has 1 aromatic heterocycles. The first kappa shape index (κ1) is 7.76. The standard InChI is InChI=1S/C6H4Cl2FN/c7-5-1-4(3-9)2-6(8)10-5/h1-2H,3H2. The Balaban J connectivity index is 3.06. The van der Waals surface area contributed by atoms with E-state index >= 15 is 0 Å². The fourth-order valence-electron chi connectivity index (χ4n) is 0.591. The normalized spacial score (nSPS) is 9.90. The van der Waals surface area contributed by atoms with Crippen molar-refractivity contribution in [1.82, 2.24) is 4.98 Å². The Morgan fingerprint density at radius 2 is 1.80 bits per heavy atom. The van der Waals surface area contributed by atoms with Crippen LogP contribution in [0.15, 0.2) is 12.1 Å². The molecule has 0 unspecified atom stereocenters. The molecular weight excluding hydrogens is 176 g/mol. The van der Waals surface area contributed by atoms with E-state index in [9.17, 15) is 4.39 Å². The lowest BCUT2D eigenvalue weighted by atomic mass is 10.3. The zero-order valence-electron chi connectivity index (χ0n) is 4.94. The predicted octanol–water partition coefficient (Wildman–Crippen LogP) is 2.86. The maximum Gasteiger partial charge on any atom is 0.131 e. The lowest BCUT2D eigenvalue weighted by Gasteiger charge is -1.94. The highest BCUT2D eigenvalue weighted by atomic mass is 35.5. The maximum atomic E-state index is 11.9. The molecular formula is C6H4Cl2FN. The van der Waals surface area contributed by atoms with E-state index in [0.29, 0.717) is 5.56 Å². The van der Waals surface area contributed by atoms with E-state index in [2.05, 4.69) is 4.98 Å². The maximum absolute atomic E-state index is 11.9. The minimum atomic E-state index is -0.567. The third-order valence-corrected chi connectivity index (χ3v) is 1.36. The second-order valence-corrected chi connectivity index (χ2v) is 2.53. The molecule has 0 aliphatic carbocycles. The average Bonchev–Trinajstić information content (AvgIpc) is 1.85. The second-order valence-electron chi connectivity index (χ2n) is 1.75. The van der Waals surface area contributed by atoms with Crippen LogP contribution in [0.25, 0.3) is 0 Å². The molecule has 0 aliphatic heterocycles. The predicted molar refractivity (Wildman–Crippen MR) is 39.1 cm³/mol. The van der Waals surface area contributed by atoms with Crippen LogP contribution < -0.4 is 0 Å². The van der Waals surface area contributed by atoms with Gasteiger partial charge >= 0.3 is 0 Å². The van der Waals surface area contributed by atoms with Gasteiger partial charge in [0.2, 0.25) is 0 Å². The van der Waals surface area contributed by atoms with Crippen LogP contribution in [-0.2, 0) is 6.67 Å². The summed E-state index contributed by atoms with van der Waals surface area (Å²) >= 11 is 10.9. The van der Waals surface area contributed by atoms with Crippen LogP contribution in [0, 0.1) is 0 Å². The molecule has 0 saturated carbocycles. The molecule has 0 fully saturated rings. The third kappa shape index (κ3) is 1.82. The van der Waals surface area contributed by atoms with Gasteiger partial charge in [-0.3, -0.25) is 0 Å². The quantitative estimate of drug-likeness (QED) is 0.605. The van der Waals surface area contributed by atoms with Crippen molar-refractivity contribution >= 4 is 23.2 Å². The van der Waals surface area contributed by atoms with Gasteiger partial charge in [0.25, 0.3) is 0 Å². The molecule has 1 nitrogen and oxygen atoms in total. The Bertz CT molecular complexity index is 219. The fourth-order valence-corrected chi connectivity index (χ4v) is 1.10.